The molecule has 1 atom stereocenters. The molecular formula is C19H22N6O5. The van der Waals surface area contributed by atoms with Crippen molar-refractivity contribution >= 4 is 23.8 Å². The van der Waals surface area contributed by atoms with E-state index in [1.54, 1.807) is 32.2 Å². The molecule has 1 unspecified atom stereocenters. The van der Waals surface area contributed by atoms with Gasteiger partial charge in [0, 0.05) is 6.07 Å². The van der Waals surface area contributed by atoms with Crippen LogP contribution in [0.1, 0.15) is 19.8 Å². The largest absolute Gasteiger partial charge is 0.497 e. The number of imide groups is 1. The van der Waals surface area contributed by atoms with E-state index in [0.29, 0.717) is 22.9 Å². The molecule has 30 heavy (non-hydrogen) atoms. The van der Waals surface area contributed by atoms with E-state index < -0.39 is 24.0 Å². The molecule has 11 nitrogen and oxygen atoms in total. The normalized spacial score (nSPS) is 20.8. The van der Waals surface area contributed by atoms with Gasteiger partial charge in [0.05, 0.1) is 19.8 Å². The van der Waals surface area contributed by atoms with Crippen LogP contribution >= 0.6 is 0 Å². The number of aromatic amines is 1. The maximum absolute atomic E-state index is 12.6. The predicted molar refractivity (Wildman–Crippen MR) is 105 cm³/mol. The summed E-state index contributed by atoms with van der Waals surface area (Å²) in [6.45, 7) is 1.29. The number of carbonyl (C=O) groups excluding carboxylic acids is 3. The first-order chi connectivity index (χ1) is 14.4. The molecule has 4 rings (SSSR count). The smallest absolute Gasteiger partial charge is 0.325 e. The maximum Gasteiger partial charge on any atom is 0.325 e. The zero-order chi connectivity index (χ0) is 21.5. The molecule has 3 N–H and O–H groups in total. The number of carbonyl (C=O) groups is 3. The summed E-state index contributed by atoms with van der Waals surface area (Å²) in [5.41, 5.74) is -0.305. The number of hydrogen-bond donors (Lipinski definition) is 3. The number of anilines is 1. The van der Waals surface area contributed by atoms with Gasteiger partial charge in [-0.3, -0.25) is 24.9 Å². The summed E-state index contributed by atoms with van der Waals surface area (Å²) in [6.07, 6.45) is 1.77. The van der Waals surface area contributed by atoms with E-state index in [1.165, 1.54) is 7.11 Å². The van der Waals surface area contributed by atoms with Gasteiger partial charge in [-0.2, -0.15) is 4.98 Å². The Morgan fingerprint density at radius 3 is 2.73 bits per heavy atom. The number of nitrogens with zero attached hydrogens (tertiary/aromatic N) is 3. The number of H-pyrrole nitrogens is 1. The van der Waals surface area contributed by atoms with Crippen molar-refractivity contribution in [3.8, 4) is 22.9 Å². The molecule has 1 aliphatic heterocycles. The molecule has 1 saturated carbocycles. The third-order valence-corrected chi connectivity index (χ3v) is 5.40. The number of methoxy groups -OCH3 is 2. The second kappa shape index (κ2) is 7.32. The van der Waals surface area contributed by atoms with Crippen LogP contribution in [0.2, 0.25) is 0 Å². The predicted octanol–water partition coefficient (Wildman–Crippen LogP) is 1.15. The summed E-state index contributed by atoms with van der Waals surface area (Å²) in [4.78, 5) is 42.4. The van der Waals surface area contributed by atoms with Gasteiger partial charge in [-0.05, 0) is 37.8 Å². The van der Waals surface area contributed by atoms with Gasteiger partial charge >= 0.3 is 6.03 Å². The van der Waals surface area contributed by atoms with Gasteiger partial charge in [0.1, 0.15) is 23.6 Å². The van der Waals surface area contributed by atoms with Crippen molar-refractivity contribution in [2.24, 2.45) is 5.92 Å². The highest BCUT2D eigenvalue weighted by Crippen LogP contribution is 2.42. The number of aromatic nitrogens is 3. The van der Waals surface area contributed by atoms with Gasteiger partial charge in [-0.1, -0.05) is 0 Å². The van der Waals surface area contributed by atoms with E-state index in [2.05, 4.69) is 25.8 Å². The molecule has 1 aliphatic carbocycles. The van der Waals surface area contributed by atoms with E-state index in [4.69, 9.17) is 9.47 Å². The van der Waals surface area contributed by atoms with Crippen LogP contribution in [0.25, 0.3) is 11.4 Å². The Bertz CT molecular complexity index is 1020. The number of amides is 4. The Labute approximate surface area is 172 Å². The summed E-state index contributed by atoms with van der Waals surface area (Å²) in [7, 11) is 3.07. The van der Waals surface area contributed by atoms with E-state index in [0.717, 1.165) is 17.7 Å². The molecular weight excluding hydrogens is 392 g/mol. The molecule has 2 fully saturated rings. The first-order valence-electron chi connectivity index (χ1n) is 9.44. The Kier molecular flexibility index (Phi) is 4.80. The summed E-state index contributed by atoms with van der Waals surface area (Å²) < 4.78 is 10.5. The molecule has 0 bridgehead atoms. The molecule has 158 valence electrons. The molecule has 0 radical (unpaired) electrons. The van der Waals surface area contributed by atoms with Gasteiger partial charge in [-0.15, -0.1) is 5.10 Å². The van der Waals surface area contributed by atoms with Crippen molar-refractivity contribution in [1.29, 1.82) is 0 Å². The standard InChI is InChI=1S/C19H22N6O5/c1-19(10-4-5-10)16(27)25(18(28)22-19)9-14(26)20-17-21-15(23-24-17)12-7-6-11(29-2)8-13(12)30-3/h6-8,10H,4-5,9H2,1-3H3,(H,22,28)(H2,20,21,23,24,26). The second-order valence-corrected chi connectivity index (χ2v) is 7.42. The molecule has 1 aromatic carbocycles. The molecule has 1 saturated heterocycles. The fourth-order valence-corrected chi connectivity index (χ4v) is 3.54. The molecule has 2 heterocycles. The summed E-state index contributed by atoms with van der Waals surface area (Å²) in [5, 5.41) is 11.9. The van der Waals surface area contributed by atoms with Gasteiger partial charge in [0.15, 0.2) is 5.82 Å². The SMILES string of the molecule is COc1ccc(-c2nc(NC(=O)CN3C(=O)NC(C)(C4CC4)C3=O)n[nH]2)c(OC)c1. The number of rotatable bonds is 7. The molecule has 11 heteroatoms. The maximum atomic E-state index is 12.6. The van der Waals surface area contributed by atoms with Gasteiger partial charge < -0.3 is 14.8 Å². The number of ether oxygens (including phenoxy) is 2. The van der Waals surface area contributed by atoms with Crippen molar-refractivity contribution < 1.29 is 23.9 Å². The third kappa shape index (κ3) is 3.42. The van der Waals surface area contributed by atoms with E-state index in [9.17, 15) is 14.4 Å². The number of benzene rings is 1. The third-order valence-electron chi connectivity index (χ3n) is 5.40. The first kappa shape index (κ1) is 19.7. The average Bonchev–Trinajstić information content (AvgIpc) is 3.46. The fourth-order valence-electron chi connectivity index (χ4n) is 3.54. The Hall–Kier alpha value is -3.63. The monoisotopic (exact) mass is 414 g/mol. The van der Waals surface area contributed by atoms with Crippen LogP contribution in [0.5, 0.6) is 11.5 Å². The van der Waals surface area contributed by atoms with Gasteiger partial charge in [-0.25, -0.2) is 4.79 Å². The van der Waals surface area contributed by atoms with Crippen LogP contribution in [0.15, 0.2) is 18.2 Å². The lowest BCUT2D eigenvalue weighted by Gasteiger charge is -2.20. The second-order valence-electron chi connectivity index (χ2n) is 7.42. The fraction of sp³-hybridized carbons (Fsp3) is 0.421. The van der Waals surface area contributed by atoms with Crippen LogP contribution in [0.4, 0.5) is 10.7 Å². The molecule has 4 amide bonds. The van der Waals surface area contributed by atoms with Crippen LogP contribution in [0, 0.1) is 5.92 Å². The average molecular weight is 414 g/mol. The lowest BCUT2D eigenvalue weighted by molar-refractivity contribution is -0.134. The highest BCUT2D eigenvalue weighted by Gasteiger charge is 2.56. The Balaban J connectivity index is 1.44. The zero-order valence-corrected chi connectivity index (χ0v) is 16.8. The molecule has 0 spiro atoms. The summed E-state index contributed by atoms with van der Waals surface area (Å²) in [5.74, 6) is 0.690. The lowest BCUT2D eigenvalue weighted by Crippen LogP contribution is -2.46. The highest BCUT2D eigenvalue weighted by atomic mass is 16.5. The van der Waals surface area contributed by atoms with Crippen molar-refractivity contribution in [1.82, 2.24) is 25.4 Å². The van der Waals surface area contributed by atoms with Crippen molar-refractivity contribution in [3.05, 3.63) is 18.2 Å². The topological polar surface area (TPSA) is 139 Å². The Morgan fingerprint density at radius 1 is 1.30 bits per heavy atom. The van der Waals surface area contributed by atoms with Gasteiger partial charge in [0.25, 0.3) is 5.91 Å². The molecule has 1 aromatic heterocycles. The van der Waals surface area contributed by atoms with Crippen LogP contribution in [0.3, 0.4) is 0 Å². The van der Waals surface area contributed by atoms with Crippen LogP contribution < -0.4 is 20.1 Å². The van der Waals surface area contributed by atoms with Crippen molar-refractivity contribution in [3.63, 3.8) is 0 Å². The lowest BCUT2D eigenvalue weighted by atomic mass is 9.96. The van der Waals surface area contributed by atoms with E-state index >= 15 is 0 Å². The first-order valence-corrected chi connectivity index (χ1v) is 9.44. The van der Waals surface area contributed by atoms with E-state index in [1.807, 2.05) is 0 Å². The summed E-state index contributed by atoms with van der Waals surface area (Å²) in [6, 6.07) is 4.62. The minimum atomic E-state index is -0.931. The van der Waals surface area contributed by atoms with Crippen molar-refractivity contribution in [2.75, 3.05) is 26.1 Å². The quantitative estimate of drug-likeness (QED) is 0.578. The Morgan fingerprint density at radius 2 is 2.07 bits per heavy atom. The minimum absolute atomic E-state index is 0.0184. The number of urea groups is 1. The number of nitrogens with one attached hydrogen (secondary N) is 3. The molecule has 2 aromatic rings. The van der Waals surface area contributed by atoms with Crippen molar-refractivity contribution in [2.45, 2.75) is 25.3 Å². The van der Waals surface area contributed by atoms with Crippen LogP contribution in [-0.4, -0.2) is 64.2 Å². The number of hydrogen-bond acceptors (Lipinski definition) is 7. The minimum Gasteiger partial charge on any atom is -0.497 e. The molecule has 2 aliphatic rings. The summed E-state index contributed by atoms with van der Waals surface area (Å²) >= 11 is 0. The highest BCUT2D eigenvalue weighted by molar-refractivity contribution is 6.10. The van der Waals surface area contributed by atoms with E-state index in [-0.39, 0.29) is 17.8 Å². The zero-order valence-electron chi connectivity index (χ0n) is 16.8. The van der Waals surface area contributed by atoms with Crippen LogP contribution in [-0.2, 0) is 9.59 Å². The van der Waals surface area contributed by atoms with Gasteiger partial charge in [0.2, 0.25) is 11.9 Å².